The van der Waals surface area contributed by atoms with Gasteiger partial charge in [0.05, 0.1) is 29.9 Å². The predicted molar refractivity (Wildman–Crippen MR) is 91.1 cm³/mol. The quantitative estimate of drug-likeness (QED) is 0.589. The zero-order valence-electron chi connectivity index (χ0n) is 14.1. The first-order valence-electron chi connectivity index (χ1n) is 7.77. The number of nitro benzene ring substituents is 1. The number of non-ortho nitro benzene ring substituents is 1. The van der Waals surface area contributed by atoms with Crippen molar-refractivity contribution in [3.63, 3.8) is 0 Å². The highest BCUT2D eigenvalue weighted by Gasteiger charge is 2.26. The minimum atomic E-state index is -3.28. The summed E-state index contributed by atoms with van der Waals surface area (Å²) in [4.78, 5) is 24.7. The summed E-state index contributed by atoms with van der Waals surface area (Å²) in [6.45, 7) is 1.19. The minimum Gasteiger partial charge on any atom is -0.496 e. The molecule has 0 unspecified atom stereocenters. The predicted octanol–water partition coefficient (Wildman–Crippen LogP) is 1.00. The van der Waals surface area contributed by atoms with E-state index in [1.807, 2.05) is 0 Å². The second kappa shape index (κ2) is 7.79. The molecule has 1 amide bonds. The molecule has 1 N–H and O–H groups in total. The van der Waals surface area contributed by atoms with Crippen LogP contribution in [0.25, 0.3) is 0 Å². The summed E-state index contributed by atoms with van der Waals surface area (Å²) in [6, 6.07) is 3.95. The molecule has 0 bridgehead atoms. The number of ether oxygens (including phenoxy) is 1. The average Bonchev–Trinajstić information content (AvgIpc) is 2.58. The summed E-state index contributed by atoms with van der Waals surface area (Å²) in [6.07, 6.45) is 2.65. The van der Waals surface area contributed by atoms with Gasteiger partial charge in [-0.1, -0.05) is 0 Å². The maximum absolute atomic E-state index is 12.7. The van der Waals surface area contributed by atoms with Gasteiger partial charge in [0.2, 0.25) is 10.0 Å². The number of amides is 1. The lowest BCUT2D eigenvalue weighted by atomic mass is 9.97. The van der Waals surface area contributed by atoms with Crippen LogP contribution in [0.15, 0.2) is 18.2 Å². The highest BCUT2D eigenvalue weighted by molar-refractivity contribution is 7.88. The van der Waals surface area contributed by atoms with Gasteiger partial charge in [-0.3, -0.25) is 14.9 Å². The number of hydrogen-bond acceptors (Lipinski definition) is 6. The van der Waals surface area contributed by atoms with Gasteiger partial charge in [0, 0.05) is 25.7 Å². The number of rotatable bonds is 6. The van der Waals surface area contributed by atoms with Crippen molar-refractivity contribution in [1.82, 2.24) is 9.62 Å². The van der Waals surface area contributed by atoms with Crippen LogP contribution < -0.4 is 9.46 Å². The number of nitrogens with one attached hydrogen (secondary N) is 1. The minimum absolute atomic E-state index is 0.00742. The molecule has 0 aliphatic carbocycles. The number of hydrogen-bond donors (Lipinski definition) is 1. The van der Waals surface area contributed by atoms with E-state index < -0.39 is 14.9 Å². The van der Waals surface area contributed by atoms with Crippen LogP contribution in [0.2, 0.25) is 0 Å². The van der Waals surface area contributed by atoms with E-state index in [9.17, 15) is 23.3 Å². The van der Waals surface area contributed by atoms with Crippen LogP contribution >= 0.6 is 0 Å². The first-order chi connectivity index (χ1) is 11.7. The Kier molecular flexibility index (Phi) is 5.96. The zero-order chi connectivity index (χ0) is 18.6. The number of piperidine rings is 1. The summed E-state index contributed by atoms with van der Waals surface area (Å²) in [7, 11) is -1.91. The molecule has 1 aliphatic heterocycles. The topological polar surface area (TPSA) is 119 Å². The van der Waals surface area contributed by atoms with Crippen LogP contribution in [0.1, 0.15) is 23.2 Å². The van der Waals surface area contributed by atoms with Crippen LogP contribution in [0, 0.1) is 16.0 Å². The lowest BCUT2D eigenvalue weighted by Crippen LogP contribution is -2.43. The van der Waals surface area contributed by atoms with Gasteiger partial charge in [0.15, 0.2) is 0 Å². The molecule has 1 fully saturated rings. The van der Waals surface area contributed by atoms with Gasteiger partial charge in [-0.15, -0.1) is 0 Å². The Morgan fingerprint density at radius 3 is 2.76 bits per heavy atom. The van der Waals surface area contributed by atoms with E-state index in [1.54, 1.807) is 4.90 Å². The van der Waals surface area contributed by atoms with Crippen LogP contribution in [-0.2, 0) is 10.0 Å². The van der Waals surface area contributed by atoms with Crippen molar-refractivity contribution in [2.45, 2.75) is 12.8 Å². The molecule has 1 heterocycles. The lowest BCUT2D eigenvalue weighted by molar-refractivity contribution is -0.385. The van der Waals surface area contributed by atoms with Crippen LogP contribution in [0.3, 0.4) is 0 Å². The Balaban J connectivity index is 2.14. The van der Waals surface area contributed by atoms with Gasteiger partial charge in [-0.05, 0) is 24.8 Å². The third kappa shape index (κ3) is 5.40. The third-order valence-corrected chi connectivity index (χ3v) is 4.72. The van der Waals surface area contributed by atoms with Crippen LogP contribution in [-0.4, -0.2) is 57.1 Å². The van der Waals surface area contributed by atoms with Crippen molar-refractivity contribution >= 4 is 21.6 Å². The molecule has 0 radical (unpaired) electrons. The zero-order valence-corrected chi connectivity index (χ0v) is 14.9. The van der Waals surface area contributed by atoms with Gasteiger partial charge in [0.25, 0.3) is 11.6 Å². The van der Waals surface area contributed by atoms with Crippen molar-refractivity contribution < 1.29 is 22.9 Å². The first kappa shape index (κ1) is 19.1. The molecular formula is C15H21N3O6S. The van der Waals surface area contributed by atoms with Crippen molar-refractivity contribution in [2.24, 2.45) is 5.92 Å². The number of sulfonamides is 1. The number of carbonyl (C=O) groups excluding carboxylic acids is 1. The molecule has 1 aromatic rings. The van der Waals surface area contributed by atoms with E-state index in [2.05, 4.69) is 4.72 Å². The maximum Gasteiger partial charge on any atom is 0.273 e. The van der Waals surface area contributed by atoms with E-state index in [0.717, 1.165) is 19.1 Å². The fraction of sp³-hybridized carbons (Fsp3) is 0.533. The molecular weight excluding hydrogens is 350 g/mol. The van der Waals surface area contributed by atoms with Gasteiger partial charge in [-0.2, -0.15) is 0 Å². The molecule has 1 aromatic carbocycles. The molecule has 1 aliphatic rings. The van der Waals surface area contributed by atoms with Crippen molar-refractivity contribution in [2.75, 3.05) is 33.0 Å². The highest BCUT2D eigenvalue weighted by atomic mass is 32.2. The Labute approximate surface area is 146 Å². The van der Waals surface area contributed by atoms with Gasteiger partial charge in [0.1, 0.15) is 5.75 Å². The average molecular weight is 371 g/mol. The van der Waals surface area contributed by atoms with Crippen LogP contribution in [0.5, 0.6) is 5.75 Å². The van der Waals surface area contributed by atoms with E-state index in [-0.39, 0.29) is 35.4 Å². The highest BCUT2D eigenvalue weighted by Crippen LogP contribution is 2.25. The summed E-state index contributed by atoms with van der Waals surface area (Å²) < 4.78 is 29.9. The maximum atomic E-state index is 12.7. The number of nitro groups is 1. The third-order valence-electron chi connectivity index (χ3n) is 4.03. The summed E-state index contributed by atoms with van der Waals surface area (Å²) >= 11 is 0. The van der Waals surface area contributed by atoms with E-state index in [1.165, 1.54) is 25.3 Å². The number of methoxy groups -OCH3 is 1. The molecule has 138 valence electrons. The molecule has 1 atom stereocenters. The SMILES string of the molecule is COc1cc(C(=O)N2CCC[C@@H](CNS(C)(=O)=O)C2)cc([N+](=O)[O-])c1. The molecule has 1 saturated heterocycles. The number of carbonyl (C=O) groups is 1. The van der Waals surface area contributed by atoms with E-state index in [0.29, 0.717) is 13.1 Å². The molecule has 0 saturated carbocycles. The molecule has 9 nitrogen and oxygen atoms in total. The number of nitrogens with zero attached hydrogens (tertiary/aromatic N) is 2. The number of benzene rings is 1. The summed E-state index contributed by atoms with van der Waals surface area (Å²) in [5.74, 6) is -0.0797. The standard InChI is InChI=1S/C15H21N3O6S/c1-24-14-7-12(6-13(8-14)18(20)21)15(19)17-5-3-4-11(10-17)9-16-25(2,22)23/h6-8,11,16H,3-5,9-10H2,1-2H3/t11-/m0/s1. The fourth-order valence-corrected chi connectivity index (χ4v) is 3.34. The fourth-order valence-electron chi connectivity index (χ4n) is 2.80. The molecule has 0 spiro atoms. The van der Waals surface area contributed by atoms with Crippen molar-refractivity contribution in [1.29, 1.82) is 0 Å². The Morgan fingerprint density at radius 1 is 1.44 bits per heavy atom. The monoisotopic (exact) mass is 371 g/mol. The van der Waals surface area contributed by atoms with Crippen molar-refractivity contribution in [3.05, 3.63) is 33.9 Å². The molecule has 2 rings (SSSR count). The smallest absolute Gasteiger partial charge is 0.273 e. The molecule has 10 heteroatoms. The van der Waals surface area contributed by atoms with Crippen LogP contribution in [0.4, 0.5) is 5.69 Å². The first-order valence-corrected chi connectivity index (χ1v) is 9.66. The largest absolute Gasteiger partial charge is 0.496 e. The van der Waals surface area contributed by atoms with E-state index in [4.69, 9.17) is 4.74 Å². The normalized spacial score (nSPS) is 18.0. The lowest BCUT2D eigenvalue weighted by Gasteiger charge is -2.32. The molecule has 0 aromatic heterocycles. The second-order valence-corrected chi connectivity index (χ2v) is 7.89. The number of likely N-dealkylation sites (tertiary alicyclic amines) is 1. The van der Waals surface area contributed by atoms with Gasteiger partial charge < -0.3 is 9.64 Å². The van der Waals surface area contributed by atoms with Gasteiger partial charge in [-0.25, -0.2) is 13.1 Å². The van der Waals surface area contributed by atoms with Crippen molar-refractivity contribution in [3.8, 4) is 5.75 Å². The second-order valence-electron chi connectivity index (χ2n) is 6.06. The van der Waals surface area contributed by atoms with Gasteiger partial charge >= 0.3 is 0 Å². The summed E-state index contributed by atoms with van der Waals surface area (Å²) in [5, 5.41) is 11.0. The van der Waals surface area contributed by atoms with E-state index >= 15 is 0 Å². The Morgan fingerprint density at radius 2 is 2.16 bits per heavy atom. The Bertz CT molecular complexity index is 765. The molecule has 25 heavy (non-hydrogen) atoms. The summed E-state index contributed by atoms with van der Waals surface area (Å²) in [5.41, 5.74) is -0.0298. The Hall–Kier alpha value is -2.20.